The van der Waals surface area contributed by atoms with Crippen molar-refractivity contribution in [1.29, 1.82) is 0 Å². The molecule has 0 saturated carbocycles. The van der Waals surface area contributed by atoms with Gasteiger partial charge in [0.25, 0.3) is 0 Å². The van der Waals surface area contributed by atoms with Crippen molar-refractivity contribution in [2.75, 3.05) is 12.3 Å². The van der Waals surface area contributed by atoms with Crippen molar-refractivity contribution in [3.8, 4) is 0 Å². The molecule has 0 aliphatic rings. The Morgan fingerprint density at radius 3 is 2.74 bits per heavy atom. The molecule has 0 bridgehead atoms. The fraction of sp³-hybridized carbons (Fsp3) is 0.231. The zero-order chi connectivity index (χ0) is 13.7. The minimum Gasteiger partial charge on any atom is -0.375 e. The van der Waals surface area contributed by atoms with E-state index >= 15 is 0 Å². The number of nitrogens with one attached hydrogen (secondary N) is 1. The maximum atomic E-state index is 11.7. The van der Waals surface area contributed by atoms with Gasteiger partial charge in [0.1, 0.15) is 0 Å². The number of carbonyl (C=O) groups excluding carboxylic acids is 1. The Morgan fingerprint density at radius 2 is 2.11 bits per heavy atom. The molecule has 100 valence electrons. The summed E-state index contributed by atoms with van der Waals surface area (Å²) in [7, 11) is 0. The second kappa shape index (κ2) is 6.54. The van der Waals surface area contributed by atoms with Gasteiger partial charge in [0.2, 0.25) is 5.91 Å². The zero-order valence-corrected chi connectivity index (χ0v) is 11.8. The fourth-order valence-electron chi connectivity index (χ4n) is 1.63. The van der Waals surface area contributed by atoms with Gasteiger partial charge in [-0.25, -0.2) is 4.98 Å². The van der Waals surface area contributed by atoms with E-state index in [2.05, 4.69) is 10.3 Å². The van der Waals surface area contributed by atoms with Crippen molar-refractivity contribution in [3.63, 3.8) is 0 Å². The Morgan fingerprint density at radius 1 is 1.37 bits per heavy atom. The average molecular weight is 296 g/mol. The molecule has 0 fully saturated rings. The van der Waals surface area contributed by atoms with Crippen molar-refractivity contribution in [3.05, 3.63) is 45.9 Å². The maximum absolute atomic E-state index is 11.7. The van der Waals surface area contributed by atoms with Crippen LogP contribution in [0.1, 0.15) is 11.3 Å². The van der Waals surface area contributed by atoms with E-state index < -0.39 is 0 Å². The summed E-state index contributed by atoms with van der Waals surface area (Å²) in [5, 5.41) is 5.86. The predicted octanol–water partition coefficient (Wildman–Crippen LogP) is 2.28. The lowest BCUT2D eigenvalue weighted by atomic mass is 10.1. The second-order valence-electron chi connectivity index (χ2n) is 4.08. The van der Waals surface area contributed by atoms with E-state index in [4.69, 9.17) is 17.3 Å². The van der Waals surface area contributed by atoms with Crippen LogP contribution in [0.15, 0.2) is 29.6 Å². The third-order valence-corrected chi connectivity index (χ3v) is 3.53. The maximum Gasteiger partial charge on any atom is 0.226 e. The molecule has 2 rings (SSSR count). The summed E-state index contributed by atoms with van der Waals surface area (Å²) in [6.07, 6.45) is 1.05. The highest BCUT2D eigenvalue weighted by Crippen LogP contribution is 2.11. The summed E-state index contributed by atoms with van der Waals surface area (Å²) >= 11 is 7.15. The zero-order valence-electron chi connectivity index (χ0n) is 10.2. The molecule has 19 heavy (non-hydrogen) atoms. The topological polar surface area (TPSA) is 68.0 Å². The van der Waals surface area contributed by atoms with Crippen molar-refractivity contribution < 1.29 is 4.79 Å². The van der Waals surface area contributed by atoms with E-state index in [1.54, 1.807) is 5.38 Å². The minimum absolute atomic E-state index is 0.0423. The van der Waals surface area contributed by atoms with Crippen LogP contribution >= 0.6 is 22.9 Å². The van der Waals surface area contributed by atoms with Crippen LogP contribution in [0.4, 0.5) is 5.13 Å². The van der Waals surface area contributed by atoms with E-state index in [9.17, 15) is 4.79 Å². The normalized spacial score (nSPS) is 10.4. The number of benzene rings is 1. The average Bonchev–Trinajstić information content (AvgIpc) is 2.77. The Kier molecular flexibility index (Phi) is 4.76. The van der Waals surface area contributed by atoms with Crippen LogP contribution in [0.3, 0.4) is 0 Å². The lowest BCUT2D eigenvalue weighted by Crippen LogP contribution is -2.27. The number of amides is 1. The highest BCUT2D eigenvalue weighted by molar-refractivity contribution is 7.13. The van der Waals surface area contributed by atoms with Crippen LogP contribution in [0.5, 0.6) is 0 Å². The number of halogens is 1. The monoisotopic (exact) mass is 295 g/mol. The number of anilines is 1. The third kappa shape index (κ3) is 4.54. The fourth-order valence-corrected chi connectivity index (χ4v) is 2.32. The molecule has 0 spiro atoms. The molecule has 0 unspecified atom stereocenters. The van der Waals surface area contributed by atoms with Crippen LogP contribution in [-0.2, 0) is 17.6 Å². The van der Waals surface area contributed by atoms with Gasteiger partial charge in [-0.1, -0.05) is 23.7 Å². The molecule has 0 aliphatic carbocycles. The molecule has 0 radical (unpaired) electrons. The van der Waals surface area contributed by atoms with Gasteiger partial charge in [0.05, 0.1) is 12.1 Å². The van der Waals surface area contributed by atoms with Gasteiger partial charge >= 0.3 is 0 Å². The first-order chi connectivity index (χ1) is 9.13. The second-order valence-corrected chi connectivity index (χ2v) is 5.41. The predicted molar refractivity (Wildman–Crippen MR) is 78.4 cm³/mol. The molecule has 0 saturated heterocycles. The molecule has 0 atom stereocenters. The van der Waals surface area contributed by atoms with Crippen molar-refractivity contribution >= 4 is 34.0 Å². The van der Waals surface area contributed by atoms with Crippen molar-refractivity contribution in [2.45, 2.75) is 12.8 Å². The Hall–Kier alpha value is -1.59. The standard InChI is InChI=1S/C13H14ClN3OS/c14-10-3-1-9(2-4-10)5-6-16-12(18)7-11-8-19-13(15)17-11/h1-4,8H,5-7H2,(H2,15,17)(H,16,18). The Labute approximate surface area is 120 Å². The van der Waals surface area contributed by atoms with Crippen LogP contribution in [0, 0.1) is 0 Å². The third-order valence-electron chi connectivity index (χ3n) is 2.56. The number of nitrogen functional groups attached to an aromatic ring is 1. The highest BCUT2D eigenvalue weighted by atomic mass is 35.5. The number of aromatic nitrogens is 1. The highest BCUT2D eigenvalue weighted by Gasteiger charge is 2.06. The number of rotatable bonds is 5. The SMILES string of the molecule is Nc1nc(CC(=O)NCCc2ccc(Cl)cc2)cs1. The van der Waals surface area contributed by atoms with E-state index in [1.165, 1.54) is 11.3 Å². The molecule has 3 N–H and O–H groups in total. The summed E-state index contributed by atoms with van der Waals surface area (Å²) in [4.78, 5) is 15.7. The number of thiazole rings is 1. The van der Waals surface area contributed by atoms with Crippen LogP contribution in [0.25, 0.3) is 0 Å². The molecule has 1 aromatic heterocycles. The largest absolute Gasteiger partial charge is 0.375 e. The number of hydrogen-bond acceptors (Lipinski definition) is 4. The quantitative estimate of drug-likeness (QED) is 0.889. The Bertz CT molecular complexity index is 553. The molecule has 2 aromatic rings. The van der Waals surface area contributed by atoms with E-state index in [-0.39, 0.29) is 12.3 Å². The molecule has 1 amide bonds. The number of hydrogen-bond donors (Lipinski definition) is 2. The number of nitrogens with two attached hydrogens (primary N) is 1. The summed E-state index contributed by atoms with van der Waals surface area (Å²) in [5.74, 6) is -0.0423. The lowest BCUT2D eigenvalue weighted by Gasteiger charge is -2.04. The van der Waals surface area contributed by atoms with Gasteiger partial charge in [-0.3, -0.25) is 4.79 Å². The van der Waals surface area contributed by atoms with E-state index in [0.29, 0.717) is 22.4 Å². The summed E-state index contributed by atoms with van der Waals surface area (Å²) in [6, 6.07) is 7.60. The molecule has 6 heteroatoms. The molecule has 1 aromatic carbocycles. The minimum atomic E-state index is -0.0423. The molecule has 0 aliphatic heterocycles. The summed E-state index contributed by atoms with van der Waals surface area (Å²) < 4.78 is 0. The van der Waals surface area contributed by atoms with Gasteiger partial charge in [0, 0.05) is 16.9 Å². The lowest BCUT2D eigenvalue weighted by molar-refractivity contribution is -0.120. The summed E-state index contributed by atoms with van der Waals surface area (Å²) in [6.45, 7) is 0.597. The number of carbonyl (C=O) groups is 1. The van der Waals surface area contributed by atoms with Crippen molar-refractivity contribution in [1.82, 2.24) is 10.3 Å². The number of nitrogens with zero attached hydrogens (tertiary/aromatic N) is 1. The first kappa shape index (κ1) is 13.8. The van der Waals surface area contributed by atoms with Gasteiger partial charge in [-0.05, 0) is 24.1 Å². The van der Waals surface area contributed by atoms with Crippen LogP contribution in [0.2, 0.25) is 5.02 Å². The van der Waals surface area contributed by atoms with E-state index in [0.717, 1.165) is 12.0 Å². The van der Waals surface area contributed by atoms with Gasteiger partial charge in [-0.15, -0.1) is 11.3 Å². The molecule has 1 heterocycles. The van der Waals surface area contributed by atoms with Crippen molar-refractivity contribution in [2.24, 2.45) is 0 Å². The van der Waals surface area contributed by atoms with Gasteiger partial charge in [-0.2, -0.15) is 0 Å². The van der Waals surface area contributed by atoms with Crippen LogP contribution in [-0.4, -0.2) is 17.4 Å². The Balaban J connectivity index is 1.73. The molecule has 4 nitrogen and oxygen atoms in total. The van der Waals surface area contributed by atoms with Gasteiger partial charge in [0.15, 0.2) is 5.13 Å². The van der Waals surface area contributed by atoms with E-state index in [1.807, 2.05) is 24.3 Å². The smallest absolute Gasteiger partial charge is 0.226 e. The molecular formula is C13H14ClN3OS. The first-order valence-electron chi connectivity index (χ1n) is 5.84. The molecular weight excluding hydrogens is 282 g/mol. The van der Waals surface area contributed by atoms with Gasteiger partial charge < -0.3 is 11.1 Å². The van der Waals surface area contributed by atoms with Crippen LogP contribution < -0.4 is 11.1 Å². The summed E-state index contributed by atoms with van der Waals surface area (Å²) in [5.41, 5.74) is 7.36. The first-order valence-corrected chi connectivity index (χ1v) is 7.10.